The number of amides is 2. The molecule has 5 heteroatoms. The molecule has 0 bridgehead atoms. The van der Waals surface area contributed by atoms with Crippen molar-refractivity contribution in [2.45, 2.75) is 44.6 Å². The van der Waals surface area contributed by atoms with Crippen LogP contribution in [0.5, 0.6) is 0 Å². The molecule has 0 unspecified atom stereocenters. The van der Waals surface area contributed by atoms with E-state index in [0.717, 1.165) is 32.4 Å². The van der Waals surface area contributed by atoms with E-state index in [1.54, 1.807) is 0 Å². The maximum Gasteiger partial charge on any atom is 0.251 e. The maximum absolute atomic E-state index is 13.2. The Labute approximate surface area is 171 Å². The maximum atomic E-state index is 13.2. The minimum Gasteiger partial charge on any atom is -0.292 e. The zero-order valence-corrected chi connectivity index (χ0v) is 16.6. The third-order valence-electron chi connectivity index (χ3n) is 6.22. The molecule has 1 atom stereocenters. The van der Waals surface area contributed by atoms with Crippen LogP contribution in [-0.2, 0) is 16.0 Å². The molecule has 2 heterocycles. The van der Waals surface area contributed by atoms with Crippen LogP contribution in [0.3, 0.4) is 0 Å². The van der Waals surface area contributed by atoms with Gasteiger partial charge in [-0.3, -0.25) is 14.5 Å². The second-order valence-corrected chi connectivity index (χ2v) is 8.12. The van der Waals surface area contributed by atoms with E-state index in [9.17, 15) is 14.0 Å². The normalized spacial score (nSPS) is 21.1. The van der Waals surface area contributed by atoms with Crippen molar-refractivity contribution in [1.82, 2.24) is 4.90 Å². The number of hydrogen-bond donors (Lipinski definition) is 0. The number of imide groups is 1. The summed E-state index contributed by atoms with van der Waals surface area (Å²) in [5, 5.41) is 0. The van der Waals surface area contributed by atoms with Crippen LogP contribution in [0.15, 0.2) is 54.6 Å². The Morgan fingerprint density at radius 2 is 1.62 bits per heavy atom. The average molecular weight is 394 g/mol. The summed E-state index contributed by atoms with van der Waals surface area (Å²) in [7, 11) is 0. The lowest BCUT2D eigenvalue weighted by Gasteiger charge is -2.34. The molecule has 2 aliphatic rings. The van der Waals surface area contributed by atoms with E-state index in [1.165, 1.54) is 47.6 Å². The van der Waals surface area contributed by atoms with Gasteiger partial charge >= 0.3 is 0 Å². The summed E-state index contributed by atoms with van der Waals surface area (Å²) in [6, 6.07) is 15.7. The van der Waals surface area contributed by atoms with Crippen LogP contribution in [-0.4, -0.2) is 35.8 Å². The minimum absolute atomic E-state index is 0.177. The lowest BCUT2D eigenvalue weighted by atomic mass is 9.90. The number of carbonyl (C=O) groups is 2. The van der Waals surface area contributed by atoms with E-state index < -0.39 is 0 Å². The molecule has 0 saturated carbocycles. The fourth-order valence-corrected chi connectivity index (χ4v) is 4.56. The summed E-state index contributed by atoms with van der Waals surface area (Å²) in [5.74, 6) is -0.0603. The first-order valence-corrected chi connectivity index (χ1v) is 10.5. The first kappa shape index (κ1) is 19.8. The molecule has 2 aromatic rings. The van der Waals surface area contributed by atoms with Gasteiger partial charge in [-0.05, 0) is 74.5 Å². The molecule has 0 aromatic heterocycles. The lowest BCUT2D eigenvalue weighted by molar-refractivity contribution is -0.123. The fraction of sp³-hybridized carbons (Fsp3) is 0.417. The van der Waals surface area contributed by atoms with Crippen LogP contribution < -0.4 is 4.90 Å². The van der Waals surface area contributed by atoms with Crippen molar-refractivity contribution in [3.8, 4) is 0 Å². The van der Waals surface area contributed by atoms with Crippen LogP contribution in [0.2, 0.25) is 0 Å². The van der Waals surface area contributed by atoms with E-state index in [4.69, 9.17) is 0 Å². The van der Waals surface area contributed by atoms with E-state index in [1.807, 2.05) is 6.07 Å². The molecule has 0 radical (unpaired) electrons. The Morgan fingerprint density at radius 3 is 2.31 bits per heavy atom. The Hall–Kier alpha value is -2.53. The zero-order chi connectivity index (χ0) is 20.2. The number of likely N-dealkylation sites (tertiary alicyclic amines) is 1. The summed E-state index contributed by atoms with van der Waals surface area (Å²) in [6.07, 6.45) is 5.88. The SMILES string of the molecule is O=C1C[C@H](N2CCC(CCCc3ccccc3)CC2)C(=O)N1c1ccc(F)cc1. The standard InChI is InChI=1S/C24H27FN2O2/c25-20-9-11-21(12-10-20)27-23(28)17-22(24(27)29)26-15-13-19(14-16-26)8-4-7-18-5-2-1-3-6-18/h1-3,5-6,9-12,19,22H,4,7-8,13-17H2/t22-/m0/s1. The highest BCUT2D eigenvalue weighted by Gasteiger charge is 2.43. The average Bonchev–Trinajstić information content (AvgIpc) is 3.04. The number of rotatable bonds is 6. The van der Waals surface area contributed by atoms with Crippen LogP contribution in [0.4, 0.5) is 10.1 Å². The second-order valence-electron chi connectivity index (χ2n) is 8.12. The summed E-state index contributed by atoms with van der Waals surface area (Å²) >= 11 is 0. The van der Waals surface area contributed by atoms with Crippen molar-refractivity contribution < 1.29 is 14.0 Å². The van der Waals surface area contributed by atoms with Crippen LogP contribution >= 0.6 is 0 Å². The summed E-state index contributed by atoms with van der Waals surface area (Å²) in [5.41, 5.74) is 1.85. The van der Waals surface area contributed by atoms with Gasteiger partial charge in [-0.2, -0.15) is 0 Å². The minimum atomic E-state index is -0.377. The zero-order valence-electron chi connectivity index (χ0n) is 16.6. The Kier molecular flexibility index (Phi) is 6.05. The molecule has 29 heavy (non-hydrogen) atoms. The fourth-order valence-electron chi connectivity index (χ4n) is 4.56. The molecule has 0 N–H and O–H groups in total. The number of halogens is 1. The second kappa shape index (κ2) is 8.87. The molecule has 0 spiro atoms. The molecule has 2 fully saturated rings. The predicted molar refractivity (Wildman–Crippen MR) is 111 cm³/mol. The first-order valence-electron chi connectivity index (χ1n) is 10.5. The Bertz CT molecular complexity index is 845. The summed E-state index contributed by atoms with van der Waals surface area (Å²) < 4.78 is 13.2. The van der Waals surface area contributed by atoms with Gasteiger partial charge < -0.3 is 0 Å². The van der Waals surface area contributed by atoms with Gasteiger partial charge in [0.15, 0.2) is 0 Å². The van der Waals surface area contributed by atoms with Crippen LogP contribution in [0, 0.1) is 11.7 Å². The highest BCUT2D eigenvalue weighted by atomic mass is 19.1. The van der Waals surface area contributed by atoms with Crippen molar-refractivity contribution >= 4 is 17.5 Å². The van der Waals surface area contributed by atoms with Gasteiger partial charge in [0.2, 0.25) is 5.91 Å². The van der Waals surface area contributed by atoms with Crippen molar-refractivity contribution in [3.05, 3.63) is 66.0 Å². The molecular formula is C24H27FN2O2. The number of aryl methyl sites for hydroxylation is 1. The molecule has 0 aliphatic carbocycles. The molecule has 2 aliphatic heterocycles. The predicted octanol–water partition coefficient (Wildman–Crippen LogP) is 4.19. The van der Waals surface area contributed by atoms with Crippen molar-refractivity contribution in [1.29, 1.82) is 0 Å². The van der Waals surface area contributed by atoms with Crippen LogP contribution in [0.1, 0.15) is 37.7 Å². The molecule has 2 amide bonds. The smallest absolute Gasteiger partial charge is 0.251 e. The van der Waals surface area contributed by atoms with Crippen LogP contribution in [0.25, 0.3) is 0 Å². The molecule has 4 rings (SSSR count). The van der Waals surface area contributed by atoms with E-state index >= 15 is 0 Å². The Balaban J connectivity index is 1.28. The van der Waals surface area contributed by atoms with Gasteiger partial charge in [-0.25, -0.2) is 9.29 Å². The largest absolute Gasteiger partial charge is 0.292 e. The van der Waals surface area contributed by atoms with E-state index in [-0.39, 0.29) is 30.1 Å². The lowest BCUT2D eigenvalue weighted by Crippen LogP contribution is -2.46. The highest BCUT2D eigenvalue weighted by Crippen LogP contribution is 2.30. The van der Waals surface area contributed by atoms with Gasteiger partial charge in [-0.15, -0.1) is 0 Å². The number of piperidine rings is 1. The van der Waals surface area contributed by atoms with E-state index in [0.29, 0.717) is 11.6 Å². The summed E-state index contributed by atoms with van der Waals surface area (Å²) in [4.78, 5) is 28.7. The van der Waals surface area contributed by atoms with Gasteiger partial charge in [0.1, 0.15) is 5.82 Å². The number of anilines is 1. The van der Waals surface area contributed by atoms with E-state index in [2.05, 4.69) is 29.2 Å². The monoisotopic (exact) mass is 394 g/mol. The molecular weight excluding hydrogens is 367 g/mol. The highest BCUT2D eigenvalue weighted by molar-refractivity contribution is 6.22. The topological polar surface area (TPSA) is 40.6 Å². The molecule has 4 nitrogen and oxygen atoms in total. The molecule has 152 valence electrons. The van der Waals surface area contributed by atoms with Gasteiger partial charge in [0.05, 0.1) is 18.2 Å². The third kappa shape index (κ3) is 4.56. The first-order chi connectivity index (χ1) is 14.1. The number of carbonyl (C=O) groups excluding carboxylic acids is 2. The van der Waals surface area contributed by atoms with Crippen molar-refractivity contribution in [3.63, 3.8) is 0 Å². The Morgan fingerprint density at radius 1 is 0.931 bits per heavy atom. The number of hydrogen-bond acceptors (Lipinski definition) is 3. The summed E-state index contributed by atoms with van der Waals surface area (Å²) in [6.45, 7) is 1.72. The quantitative estimate of drug-likeness (QED) is 0.690. The van der Waals surface area contributed by atoms with Gasteiger partial charge in [0, 0.05) is 0 Å². The van der Waals surface area contributed by atoms with Crippen molar-refractivity contribution in [2.75, 3.05) is 18.0 Å². The molecule has 2 saturated heterocycles. The van der Waals surface area contributed by atoms with Crippen molar-refractivity contribution in [2.24, 2.45) is 5.92 Å². The van der Waals surface area contributed by atoms with Gasteiger partial charge in [-0.1, -0.05) is 36.8 Å². The number of benzene rings is 2. The number of nitrogens with zero attached hydrogens (tertiary/aromatic N) is 2. The van der Waals surface area contributed by atoms with Gasteiger partial charge in [0.25, 0.3) is 5.91 Å². The third-order valence-corrected chi connectivity index (χ3v) is 6.22. The molecule has 2 aromatic carbocycles.